The monoisotopic (exact) mass is 469 g/mol. The molecule has 0 heterocycles. The minimum absolute atomic E-state index is 0.0603. The zero-order valence-electron chi connectivity index (χ0n) is 18.2. The van der Waals surface area contributed by atoms with Gasteiger partial charge in [-0.05, 0) is 66.2 Å². The van der Waals surface area contributed by atoms with Crippen molar-refractivity contribution in [3.63, 3.8) is 0 Å². The van der Waals surface area contributed by atoms with Gasteiger partial charge >= 0.3 is 0 Å². The van der Waals surface area contributed by atoms with E-state index in [0.29, 0.717) is 28.5 Å². The van der Waals surface area contributed by atoms with Crippen molar-refractivity contribution >= 4 is 27.8 Å². The molecule has 1 amide bonds. The van der Waals surface area contributed by atoms with Crippen LogP contribution in [0.15, 0.2) is 76.7 Å². The molecule has 0 fully saturated rings. The molecule has 0 bridgehead atoms. The fraction of sp³-hybridized carbons (Fsp3) is 0.130. The average Bonchev–Trinajstić information content (AvgIpc) is 2.84. The fourth-order valence-electron chi connectivity index (χ4n) is 2.84. The van der Waals surface area contributed by atoms with Crippen LogP contribution in [-0.2, 0) is 10.0 Å². The van der Waals surface area contributed by atoms with E-state index in [0.717, 1.165) is 0 Å². The van der Waals surface area contributed by atoms with Gasteiger partial charge in [-0.15, -0.1) is 0 Å². The van der Waals surface area contributed by atoms with Crippen molar-refractivity contribution in [3.05, 3.63) is 77.9 Å². The van der Waals surface area contributed by atoms with Gasteiger partial charge in [-0.2, -0.15) is 5.10 Å². The predicted octanol–water partition coefficient (Wildman–Crippen LogP) is 3.28. The molecular formula is C23H23N3O6S. The van der Waals surface area contributed by atoms with Crippen LogP contribution in [0.4, 0.5) is 5.69 Å². The lowest BCUT2D eigenvalue weighted by Gasteiger charge is -2.10. The lowest BCUT2D eigenvalue weighted by atomic mass is 10.2. The standard InChI is InChI=1S/C23H23N3O6S/c1-30-19-10-8-18(9-11-19)26-33(28,29)20-6-4-5-17(14-20)23(27)25-24-15-16-7-12-21(31-2)22(13-16)32-3/h4-15,26H,1-3H3,(H,25,27)/b24-15+. The van der Waals surface area contributed by atoms with Crippen LogP contribution in [0.2, 0.25) is 0 Å². The number of hydrogen-bond acceptors (Lipinski definition) is 7. The molecule has 9 nitrogen and oxygen atoms in total. The molecule has 0 saturated heterocycles. The Balaban J connectivity index is 1.70. The van der Waals surface area contributed by atoms with E-state index in [1.165, 1.54) is 51.8 Å². The van der Waals surface area contributed by atoms with Gasteiger partial charge in [0.1, 0.15) is 5.75 Å². The molecule has 2 N–H and O–H groups in total. The van der Waals surface area contributed by atoms with Crippen LogP contribution in [0.3, 0.4) is 0 Å². The molecule has 0 saturated carbocycles. The van der Waals surface area contributed by atoms with Gasteiger partial charge in [-0.1, -0.05) is 6.07 Å². The molecule has 33 heavy (non-hydrogen) atoms. The number of amides is 1. The molecule has 0 aliphatic heterocycles. The highest BCUT2D eigenvalue weighted by Crippen LogP contribution is 2.26. The van der Waals surface area contributed by atoms with E-state index >= 15 is 0 Å². The first kappa shape index (κ1) is 23.6. The topological polar surface area (TPSA) is 115 Å². The predicted molar refractivity (Wildman–Crippen MR) is 125 cm³/mol. The molecule has 3 aromatic rings. The van der Waals surface area contributed by atoms with Gasteiger partial charge in [0.25, 0.3) is 15.9 Å². The Morgan fingerprint density at radius 1 is 0.879 bits per heavy atom. The van der Waals surface area contributed by atoms with Crippen molar-refractivity contribution in [1.29, 1.82) is 0 Å². The molecule has 10 heteroatoms. The maximum Gasteiger partial charge on any atom is 0.271 e. The van der Waals surface area contributed by atoms with E-state index in [1.807, 2.05) is 0 Å². The third-order valence-electron chi connectivity index (χ3n) is 4.54. The summed E-state index contributed by atoms with van der Waals surface area (Å²) in [7, 11) is 0.673. The second-order valence-corrected chi connectivity index (χ2v) is 8.36. The first-order chi connectivity index (χ1) is 15.9. The summed E-state index contributed by atoms with van der Waals surface area (Å²) in [6.07, 6.45) is 1.44. The third kappa shape index (κ3) is 6.01. The number of sulfonamides is 1. The highest BCUT2D eigenvalue weighted by Gasteiger charge is 2.16. The first-order valence-electron chi connectivity index (χ1n) is 9.68. The van der Waals surface area contributed by atoms with Gasteiger partial charge in [0.2, 0.25) is 0 Å². The number of carbonyl (C=O) groups is 1. The summed E-state index contributed by atoms with van der Waals surface area (Å²) in [5.41, 5.74) is 3.56. The quantitative estimate of drug-likeness (QED) is 0.367. The van der Waals surface area contributed by atoms with Crippen molar-refractivity contribution < 1.29 is 27.4 Å². The zero-order chi connectivity index (χ0) is 23.8. The molecule has 0 spiro atoms. The maximum atomic E-state index is 12.7. The van der Waals surface area contributed by atoms with E-state index in [9.17, 15) is 13.2 Å². The van der Waals surface area contributed by atoms with Crippen LogP contribution in [0.1, 0.15) is 15.9 Å². The number of carbonyl (C=O) groups excluding carboxylic acids is 1. The van der Waals surface area contributed by atoms with Gasteiger partial charge in [-0.25, -0.2) is 13.8 Å². The number of nitrogens with zero attached hydrogens (tertiary/aromatic N) is 1. The fourth-order valence-corrected chi connectivity index (χ4v) is 3.94. The van der Waals surface area contributed by atoms with Gasteiger partial charge < -0.3 is 14.2 Å². The average molecular weight is 470 g/mol. The Bertz CT molecular complexity index is 1260. The van der Waals surface area contributed by atoms with Crippen LogP contribution in [0, 0.1) is 0 Å². The van der Waals surface area contributed by atoms with Crippen molar-refractivity contribution in [3.8, 4) is 17.2 Å². The minimum atomic E-state index is -3.90. The number of rotatable bonds is 9. The summed E-state index contributed by atoms with van der Waals surface area (Å²) in [6, 6.07) is 17.2. The van der Waals surface area contributed by atoms with Gasteiger partial charge in [-0.3, -0.25) is 9.52 Å². The Morgan fingerprint density at radius 3 is 2.27 bits per heavy atom. The molecule has 3 aromatic carbocycles. The van der Waals surface area contributed by atoms with Crippen LogP contribution in [0.5, 0.6) is 17.2 Å². The maximum absolute atomic E-state index is 12.7. The number of nitrogens with one attached hydrogen (secondary N) is 2. The normalized spacial score (nSPS) is 11.1. The summed E-state index contributed by atoms with van der Waals surface area (Å²) in [5, 5.41) is 3.93. The van der Waals surface area contributed by atoms with Gasteiger partial charge in [0.15, 0.2) is 11.5 Å². The van der Waals surface area contributed by atoms with E-state index < -0.39 is 15.9 Å². The summed E-state index contributed by atoms with van der Waals surface area (Å²) in [6.45, 7) is 0. The van der Waals surface area contributed by atoms with Crippen molar-refractivity contribution in [2.24, 2.45) is 5.10 Å². The summed E-state index contributed by atoms with van der Waals surface area (Å²) < 4.78 is 43.4. The van der Waals surface area contributed by atoms with Crippen molar-refractivity contribution in [2.75, 3.05) is 26.1 Å². The molecular weight excluding hydrogens is 446 g/mol. The Morgan fingerprint density at radius 2 is 1.61 bits per heavy atom. The number of hydrazone groups is 1. The molecule has 172 valence electrons. The molecule has 0 unspecified atom stereocenters. The Hall–Kier alpha value is -4.05. The number of benzene rings is 3. The highest BCUT2D eigenvalue weighted by molar-refractivity contribution is 7.92. The third-order valence-corrected chi connectivity index (χ3v) is 5.92. The largest absolute Gasteiger partial charge is 0.497 e. The number of ether oxygens (including phenoxy) is 3. The molecule has 0 aromatic heterocycles. The van der Waals surface area contributed by atoms with Gasteiger partial charge in [0.05, 0.1) is 32.4 Å². The van der Waals surface area contributed by atoms with Crippen LogP contribution >= 0.6 is 0 Å². The second-order valence-electron chi connectivity index (χ2n) is 6.68. The van der Waals surface area contributed by atoms with E-state index in [2.05, 4.69) is 15.2 Å². The Labute approximate surface area is 192 Å². The molecule has 0 atom stereocenters. The number of hydrogen-bond donors (Lipinski definition) is 2. The summed E-state index contributed by atoms with van der Waals surface area (Å²) in [5.74, 6) is 1.13. The zero-order valence-corrected chi connectivity index (χ0v) is 19.0. The molecule has 0 radical (unpaired) electrons. The van der Waals surface area contributed by atoms with Crippen LogP contribution in [0.25, 0.3) is 0 Å². The van der Waals surface area contributed by atoms with E-state index in [-0.39, 0.29) is 10.5 Å². The molecule has 0 aliphatic carbocycles. The lowest BCUT2D eigenvalue weighted by molar-refractivity contribution is 0.0955. The first-order valence-corrected chi connectivity index (χ1v) is 11.2. The molecule has 3 rings (SSSR count). The summed E-state index contributed by atoms with van der Waals surface area (Å²) in [4.78, 5) is 12.4. The van der Waals surface area contributed by atoms with Crippen LogP contribution in [-0.4, -0.2) is 41.9 Å². The Kier molecular flexibility index (Phi) is 7.52. The van der Waals surface area contributed by atoms with Crippen molar-refractivity contribution in [2.45, 2.75) is 4.90 Å². The lowest BCUT2D eigenvalue weighted by Crippen LogP contribution is -2.19. The highest BCUT2D eigenvalue weighted by atomic mass is 32.2. The van der Waals surface area contributed by atoms with E-state index in [4.69, 9.17) is 14.2 Å². The van der Waals surface area contributed by atoms with Crippen LogP contribution < -0.4 is 24.4 Å². The van der Waals surface area contributed by atoms with Gasteiger partial charge in [0, 0.05) is 11.3 Å². The SMILES string of the molecule is COc1ccc(NS(=O)(=O)c2cccc(C(=O)N/N=C/c3ccc(OC)c(OC)c3)c2)cc1. The minimum Gasteiger partial charge on any atom is -0.497 e. The summed E-state index contributed by atoms with van der Waals surface area (Å²) >= 11 is 0. The smallest absolute Gasteiger partial charge is 0.271 e. The molecule has 0 aliphatic rings. The number of anilines is 1. The van der Waals surface area contributed by atoms with E-state index in [1.54, 1.807) is 42.5 Å². The number of methoxy groups -OCH3 is 3. The van der Waals surface area contributed by atoms with Crippen molar-refractivity contribution in [1.82, 2.24) is 5.43 Å². The second kappa shape index (κ2) is 10.5.